The second kappa shape index (κ2) is 7.89. The van der Waals surface area contributed by atoms with Crippen LogP contribution in [0.4, 0.5) is 0 Å². The maximum Gasteiger partial charge on any atom is 0.231 e. The second-order valence-corrected chi connectivity index (χ2v) is 4.44. The number of amidine groups is 1. The highest BCUT2D eigenvalue weighted by molar-refractivity contribution is 6.02. The normalized spacial score (nSPS) is 15.7. The lowest BCUT2D eigenvalue weighted by Crippen LogP contribution is -2.45. The fourth-order valence-corrected chi connectivity index (χ4v) is 1.54. The van der Waals surface area contributed by atoms with E-state index in [0.29, 0.717) is 6.61 Å². The fourth-order valence-electron chi connectivity index (χ4n) is 1.54. The molecule has 0 radical (unpaired) electrons. The molecule has 0 aliphatic heterocycles. The minimum absolute atomic E-state index is 0.00445. The average Bonchev–Trinajstić information content (AvgIpc) is 2.25. The van der Waals surface area contributed by atoms with Crippen molar-refractivity contribution in [2.45, 2.75) is 33.2 Å². The van der Waals surface area contributed by atoms with Crippen LogP contribution in [0.5, 0.6) is 0 Å². The van der Waals surface area contributed by atoms with E-state index in [1.807, 2.05) is 20.8 Å². The zero-order valence-corrected chi connectivity index (χ0v) is 10.9. The first-order valence-electron chi connectivity index (χ1n) is 5.70. The van der Waals surface area contributed by atoms with Crippen molar-refractivity contribution in [2.75, 3.05) is 13.7 Å². The Morgan fingerprint density at radius 1 is 1.47 bits per heavy atom. The predicted octanol–water partition coefficient (Wildman–Crippen LogP) is 0.546. The largest absolute Gasteiger partial charge is 0.409 e. The number of ether oxygens (including phenoxy) is 1. The van der Waals surface area contributed by atoms with Crippen LogP contribution in [-0.4, -0.2) is 36.7 Å². The van der Waals surface area contributed by atoms with Crippen LogP contribution < -0.4 is 11.1 Å². The lowest BCUT2D eigenvalue weighted by atomic mass is 9.93. The van der Waals surface area contributed by atoms with Gasteiger partial charge in [-0.3, -0.25) is 4.79 Å². The molecule has 0 rings (SSSR count). The van der Waals surface area contributed by atoms with Gasteiger partial charge in [0.15, 0.2) is 5.84 Å². The first kappa shape index (κ1) is 15.7. The summed E-state index contributed by atoms with van der Waals surface area (Å²) >= 11 is 0. The molecule has 6 heteroatoms. The Balaban J connectivity index is 4.44. The van der Waals surface area contributed by atoms with Gasteiger partial charge in [-0.1, -0.05) is 19.0 Å². The van der Waals surface area contributed by atoms with Crippen LogP contribution in [0.25, 0.3) is 0 Å². The molecule has 0 spiro atoms. The number of amides is 1. The monoisotopic (exact) mass is 245 g/mol. The highest BCUT2D eigenvalue weighted by Gasteiger charge is 2.27. The molecule has 0 fully saturated rings. The van der Waals surface area contributed by atoms with E-state index in [9.17, 15) is 4.79 Å². The first-order chi connectivity index (χ1) is 7.93. The zero-order valence-electron chi connectivity index (χ0n) is 10.9. The Labute approximate surface area is 102 Å². The number of rotatable bonds is 7. The van der Waals surface area contributed by atoms with Crippen molar-refractivity contribution in [3.05, 3.63) is 0 Å². The maximum absolute atomic E-state index is 11.9. The van der Waals surface area contributed by atoms with E-state index >= 15 is 0 Å². The number of nitrogens with two attached hydrogens (primary N) is 1. The maximum atomic E-state index is 11.9. The van der Waals surface area contributed by atoms with Crippen molar-refractivity contribution in [2.24, 2.45) is 22.7 Å². The van der Waals surface area contributed by atoms with Gasteiger partial charge in [-0.05, 0) is 19.3 Å². The molecule has 1 amide bonds. The minimum Gasteiger partial charge on any atom is -0.409 e. The van der Waals surface area contributed by atoms with Crippen LogP contribution in [-0.2, 0) is 9.53 Å². The molecule has 6 nitrogen and oxygen atoms in total. The molecule has 0 bridgehead atoms. The number of hydrogen-bond acceptors (Lipinski definition) is 4. The van der Waals surface area contributed by atoms with Crippen LogP contribution in [0.15, 0.2) is 5.16 Å². The van der Waals surface area contributed by atoms with Crippen LogP contribution in [0.3, 0.4) is 0 Å². The van der Waals surface area contributed by atoms with Gasteiger partial charge in [-0.25, -0.2) is 0 Å². The van der Waals surface area contributed by atoms with Crippen molar-refractivity contribution < 1.29 is 14.7 Å². The Morgan fingerprint density at radius 2 is 2.06 bits per heavy atom. The third kappa shape index (κ3) is 5.53. The molecule has 0 aromatic rings. The molecular formula is C11H23N3O3. The number of carbonyl (C=O) groups excluding carboxylic acids is 1. The Kier molecular flexibility index (Phi) is 7.29. The summed E-state index contributed by atoms with van der Waals surface area (Å²) in [5.74, 6) is -0.916. The van der Waals surface area contributed by atoms with E-state index in [2.05, 4.69) is 10.5 Å². The topological polar surface area (TPSA) is 96.9 Å². The van der Waals surface area contributed by atoms with E-state index < -0.39 is 5.92 Å². The summed E-state index contributed by atoms with van der Waals surface area (Å²) in [4.78, 5) is 11.9. The van der Waals surface area contributed by atoms with Crippen molar-refractivity contribution >= 4 is 11.7 Å². The SMILES string of the molecule is COCCC(C)NC(=O)C(C(N)=NO)C(C)C. The van der Waals surface area contributed by atoms with E-state index in [0.717, 1.165) is 6.42 Å². The summed E-state index contributed by atoms with van der Waals surface area (Å²) in [5.41, 5.74) is 5.51. The van der Waals surface area contributed by atoms with E-state index in [4.69, 9.17) is 15.7 Å². The molecule has 0 heterocycles. The Hall–Kier alpha value is -1.30. The highest BCUT2D eigenvalue weighted by atomic mass is 16.5. The first-order valence-corrected chi connectivity index (χ1v) is 5.70. The van der Waals surface area contributed by atoms with Gasteiger partial charge in [0, 0.05) is 19.8 Å². The average molecular weight is 245 g/mol. The molecule has 100 valence electrons. The van der Waals surface area contributed by atoms with Gasteiger partial charge in [0.2, 0.25) is 5.91 Å². The molecule has 2 unspecified atom stereocenters. The highest BCUT2D eigenvalue weighted by Crippen LogP contribution is 2.11. The van der Waals surface area contributed by atoms with Crippen LogP contribution in [0.1, 0.15) is 27.2 Å². The summed E-state index contributed by atoms with van der Waals surface area (Å²) in [7, 11) is 1.61. The van der Waals surface area contributed by atoms with Gasteiger partial charge in [-0.15, -0.1) is 0 Å². The van der Waals surface area contributed by atoms with Crippen molar-refractivity contribution in [3.8, 4) is 0 Å². The van der Waals surface area contributed by atoms with Gasteiger partial charge in [-0.2, -0.15) is 0 Å². The van der Waals surface area contributed by atoms with Gasteiger partial charge in [0.05, 0.1) is 0 Å². The Bertz CT molecular complexity index is 267. The van der Waals surface area contributed by atoms with Gasteiger partial charge >= 0.3 is 0 Å². The molecule has 2 atom stereocenters. The second-order valence-electron chi connectivity index (χ2n) is 4.44. The number of oxime groups is 1. The lowest BCUT2D eigenvalue weighted by molar-refractivity contribution is -0.124. The zero-order chi connectivity index (χ0) is 13.4. The Morgan fingerprint density at radius 3 is 2.47 bits per heavy atom. The number of methoxy groups -OCH3 is 1. The van der Waals surface area contributed by atoms with Gasteiger partial charge in [0.1, 0.15) is 5.92 Å². The minimum atomic E-state index is -0.606. The van der Waals surface area contributed by atoms with Crippen LogP contribution in [0, 0.1) is 11.8 Å². The van der Waals surface area contributed by atoms with Crippen molar-refractivity contribution in [1.82, 2.24) is 5.32 Å². The summed E-state index contributed by atoms with van der Waals surface area (Å²) in [6, 6.07) is -0.00445. The van der Waals surface area contributed by atoms with E-state index in [1.54, 1.807) is 7.11 Å². The van der Waals surface area contributed by atoms with Crippen LogP contribution in [0.2, 0.25) is 0 Å². The number of nitrogens with zero attached hydrogens (tertiary/aromatic N) is 1. The fraction of sp³-hybridized carbons (Fsp3) is 0.818. The van der Waals surface area contributed by atoms with Crippen molar-refractivity contribution in [3.63, 3.8) is 0 Å². The van der Waals surface area contributed by atoms with Gasteiger partial charge < -0.3 is 21.0 Å². The number of carbonyl (C=O) groups is 1. The van der Waals surface area contributed by atoms with Gasteiger partial charge in [0.25, 0.3) is 0 Å². The lowest BCUT2D eigenvalue weighted by Gasteiger charge is -2.21. The molecule has 0 saturated heterocycles. The molecule has 0 saturated carbocycles. The molecule has 17 heavy (non-hydrogen) atoms. The summed E-state index contributed by atoms with van der Waals surface area (Å²) in [6.45, 7) is 6.17. The van der Waals surface area contributed by atoms with E-state index in [1.165, 1.54) is 0 Å². The molecular weight excluding hydrogens is 222 g/mol. The smallest absolute Gasteiger partial charge is 0.231 e. The molecule has 0 aliphatic carbocycles. The standard InChI is InChI=1S/C11H23N3O3/c1-7(2)9(10(12)14-16)11(15)13-8(3)5-6-17-4/h7-9,16H,5-6H2,1-4H3,(H2,12,14)(H,13,15). The summed E-state index contributed by atoms with van der Waals surface area (Å²) < 4.78 is 4.93. The van der Waals surface area contributed by atoms with Crippen LogP contribution >= 0.6 is 0 Å². The molecule has 4 N–H and O–H groups in total. The molecule has 0 aliphatic rings. The summed E-state index contributed by atoms with van der Waals surface area (Å²) in [5, 5.41) is 14.4. The quantitative estimate of drug-likeness (QED) is 0.264. The molecule has 0 aromatic heterocycles. The summed E-state index contributed by atoms with van der Waals surface area (Å²) in [6.07, 6.45) is 0.725. The molecule has 0 aromatic carbocycles. The number of hydrogen-bond donors (Lipinski definition) is 3. The predicted molar refractivity (Wildman–Crippen MR) is 65.8 cm³/mol. The van der Waals surface area contributed by atoms with Crippen molar-refractivity contribution in [1.29, 1.82) is 0 Å². The third-order valence-corrected chi connectivity index (χ3v) is 2.53. The van der Waals surface area contributed by atoms with E-state index in [-0.39, 0.29) is 23.7 Å². The third-order valence-electron chi connectivity index (χ3n) is 2.53. The number of nitrogens with one attached hydrogen (secondary N) is 1.